The minimum absolute atomic E-state index is 0.0792. The van der Waals surface area contributed by atoms with Crippen molar-refractivity contribution >= 4 is 17.9 Å². The lowest BCUT2D eigenvalue weighted by Gasteiger charge is -2.18. The molecule has 384 valence electrons. The van der Waals surface area contributed by atoms with Gasteiger partial charge < -0.3 is 14.2 Å². The van der Waals surface area contributed by atoms with E-state index in [-0.39, 0.29) is 31.1 Å². The van der Waals surface area contributed by atoms with E-state index in [2.05, 4.69) is 69.4 Å². The van der Waals surface area contributed by atoms with Crippen molar-refractivity contribution in [2.75, 3.05) is 13.2 Å². The van der Waals surface area contributed by atoms with Crippen LogP contribution >= 0.6 is 0 Å². The molecule has 0 rings (SSSR count). The number of hydrogen-bond acceptors (Lipinski definition) is 6. The molecular formula is C60H108O6. The molecule has 1 atom stereocenters. The van der Waals surface area contributed by atoms with E-state index in [1.807, 2.05) is 0 Å². The second-order valence-electron chi connectivity index (χ2n) is 19.2. The van der Waals surface area contributed by atoms with Gasteiger partial charge in [0.15, 0.2) is 6.10 Å². The summed E-state index contributed by atoms with van der Waals surface area (Å²) >= 11 is 0. The van der Waals surface area contributed by atoms with Crippen LogP contribution in [0.3, 0.4) is 0 Å². The maximum Gasteiger partial charge on any atom is 0.306 e. The zero-order valence-electron chi connectivity index (χ0n) is 44.0. The molecule has 66 heavy (non-hydrogen) atoms. The van der Waals surface area contributed by atoms with E-state index in [9.17, 15) is 14.4 Å². The molecule has 6 nitrogen and oxygen atoms in total. The predicted molar refractivity (Wildman–Crippen MR) is 284 cm³/mol. The Labute approximate surface area is 409 Å². The number of ether oxygens (including phenoxy) is 3. The number of allylic oxidation sites excluding steroid dienone is 8. The monoisotopic (exact) mass is 925 g/mol. The second-order valence-corrected chi connectivity index (χ2v) is 19.2. The molecule has 0 aromatic heterocycles. The average molecular weight is 926 g/mol. The summed E-state index contributed by atoms with van der Waals surface area (Å²) in [7, 11) is 0. The Morgan fingerprint density at radius 2 is 0.561 bits per heavy atom. The highest BCUT2D eigenvalue weighted by Crippen LogP contribution is 2.16. The van der Waals surface area contributed by atoms with Crippen LogP contribution in [0.2, 0.25) is 0 Å². The fourth-order valence-electron chi connectivity index (χ4n) is 8.20. The van der Waals surface area contributed by atoms with Gasteiger partial charge in [-0.25, -0.2) is 0 Å². The number of carbonyl (C=O) groups excluding carboxylic acids is 3. The molecule has 0 saturated heterocycles. The first-order valence-electron chi connectivity index (χ1n) is 28.6. The third-order valence-electron chi connectivity index (χ3n) is 12.6. The maximum absolute atomic E-state index is 12.9. The van der Waals surface area contributed by atoms with Crippen LogP contribution in [0.5, 0.6) is 0 Å². The quantitative estimate of drug-likeness (QED) is 0.0262. The summed E-state index contributed by atoms with van der Waals surface area (Å²) in [5.74, 6) is -0.886. The van der Waals surface area contributed by atoms with Crippen LogP contribution in [-0.4, -0.2) is 37.2 Å². The Kier molecular flexibility index (Phi) is 52.8. The van der Waals surface area contributed by atoms with Crippen molar-refractivity contribution in [1.82, 2.24) is 0 Å². The van der Waals surface area contributed by atoms with E-state index in [1.54, 1.807) is 0 Å². The first-order chi connectivity index (χ1) is 32.5. The van der Waals surface area contributed by atoms with Crippen molar-refractivity contribution in [1.29, 1.82) is 0 Å². The normalized spacial score (nSPS) is 12.3. The van der Waals surface area contributed by atoms with Gasteiger partial charge in [-0.05, 0) is 77.0 Å². The first-order valence-corrected chi connectivity index (χ1v) is 28.6. The minimum atomic E-state index is -0.780. The molecule has 0 aliphatic rings. The van der Waals surface area contributed by atoms with Gasteiger partial charge in [0.25, 0.3) is 0 Å². The van der Waals surface area contributed by atoms with Crippen LogP contribution in [-0.2, 0) is 28.6 Å². The molecular weight excluding hydrogens is 817 g/mol. The highest BCUT2D eigenvalue weighted by atomic mass is 16.6. The summed E-state index contributed by atoms with van der Waals surface area (Å²) in [4.78, 5) is 38.1. The standard InChI is InChI=1S/C60H108O6/c1-4-7-10-13-16-19-22-25-28-30-32-35-38-41-44-47-50-53-59(62)65-56-57(55-64-58(61)52-49-46-43-40-37-34-27-24-21-18-15-12-9-6-3)66-60(63)54-51-48-45-42-39-36-33-31-29-26-23-20-17-14-11-8-5-2/h15-16,18-19,24-25,27-28,57H,4-14,17,20-23,26,29-56H2,1-3H3/b18-15+,19-16+,27-24+,28-25+/t57-/m1/s1. The number of hydrogen-bond donors (Lipinski definition) is 0. The molecule has 0 aliphatic carbocycles. The smallest absolute Gasteiger partial charge is 0.306 e. The summed E-state index contributed by atoms with van der Waals surface area (Å²) in [5, 5.41) is 0. The first kappa shape index (κ1) is 63.4. The van der Waals surface area contributed by atoms with E-state index in [0.717, 1.165) is 89.9 Å². The molecule has 0 radical (unpaired) electrons. The number of unbranched alkanes of at least 4 members (excludes halogenated alkanes) is 33. The molecule has 6 heteroatoms. The van der Waals surface area contributed by atoms with Crippen LogP contribution in [0, 0.1) is 0 Å². The van der Waals surface area contributed by atoms with Crippen molar-refractivity contribution in [3.8, 4) is 0 Å². The van der Waals surface area contributed by atoms with E-state index >= 15 is 0 Å². The molecule has 0 heterocycles. The fourth-order valence-corrected chi connectivity index (χ4v) is 8.20. The SMILES string of the molecule is CCCC/C=C/C/C=C/CCCCCCCC(=O)OC[C@H](COC(=O)CCCCCCCCC/C=C/C/C=C/CCCCC)OC(=O)CCCCCCCCCCCCCCCCCCC. The Bertz CT molecular complexity index is 1150. The van der Waals surface area contributed by atoms with Crippen LogP contribution in [0.1, 0.15) is 297 Å². The average Bonchev–Trinajstić information content (AvgIpc) is 3.31. The Balaban J connectivity index is 4.37. The van der Waals surface area contributed by atoms with E-state index in [0.29, 0.717) is 19.3 Å². The van der Waals surface area contributed by atoms with Gasteiger partial charge in [0.05, 0.1) is 0 Å². The van der Waals surface area contributed by atoms with Gasteiger partial charge in [0, 0.05) is 19.3 Å². The number of rotatable bonds is 52. The van der Waals surface area contributed by atoms with Crippen molar-refractivity contribution in [3.05, 3.63) is 48.6 Å². The largest absolute Gasteiger partial charge is 0.462 e. The van der Waals surface area contributed by atoms with Crippen molar-refractivity contribution in [2.45, 2.75) is 303 Å². The maximum atomic E-state index is 12.9. The van der Waals surface area contributed by atoms with Gasteiger partial charge in [0.2, 0.25) is 0 Å². The van der Waals surface area contributed by atoms with E-state index in [1.165, 1.54) is 167 Å². The predicted octanol–water partition coefficient (Wildman–Crippen LogP) is 19.0. The molecule has 0 aromatic rings. The van der Waals surface area contributed by atoms with Gasteiger partial charge in [0.1, 0.15) is 13.2 Å². The third kappa shape index (κ3) is 52.3. The van der Waals surface area contributed by atoms with Gasteiger partial charge in [-0.3, -0.25) is 14.4 Å². The van der Waals surface area contributed by atoms with Crippen LogP contribution in [0.25, 0.3) is 0 Å². The van der Waals surface area contributed by atoms with Gasteiger partial charge >= 0.3 is 17.9 Å². The summed E-state index contributed by atoms with van der Waals surface area (Å²) in [6.45, 7) is 6.59. The highest BCUT2D eigenvalue weighted by molar-refractivity contribution is 5.71. The lowest BCUT2D eigenvalue weighted by atomic mass is 10.0. The Morgan fingerprint density at radius 3 is 0.909 bits per heavy atom. The lowest BCUT2D eigenvalue weighted by Crippen LogP contribution is -2.30. The molecule has 0 aliphatic heterocycles. The Hall–Kier alpha value is -2.63. The zero-order valence-corrected chi connectivity index (χ0v) is 44.0. The lowest BCUT2D eigenvalue weighted by molar-refractivity contribution is -0.167. The molecule has 0 bridgehead atoms. The second kappa shape index (κ2) is 55.0. The highest BCUT2D eigenvalue weighted by Gasteiger charge is 2.19. The topological polar surface area (TPSA) is 78.9 Å². The van der Waals surface area contributed by atoms with Crippen molar-refractivity contribution in [3.63, 3.8) is 0 Å². The molecule has 0 spiro atoms. The summed E-state index contributed by atoms with van der Waals surface area (Å²) in [5.41, 5.74) is 0. The molecule has 0 saturated carbocycles. The molecule has 0 unspecified atom stereocenters. The molecule has 0 fully saturated rings. The van der Waals surface area contributed by atoms with Gasteiger partial charge in [-0.1, -0.05) is 249 Å². The minimum Gasteiger partial charge on any atom is -0.462 e. The van der Waals surface area contributed by atoms with Gasteiger partial charge in [-0.2, -0.15) is 0 Å². The van der Waals surface area contributed by atoms with E-state index in [4.69, 9.17) is 14.2 Å². The number of esters is 3. The molecule has 0 aromatic carbocycles. The van der Waals surface area contributed by atoms with Crippen LogP contribution in [0.15, 0.2) is 48.6 Å². The molecule has 0 N–H and O–H groups in total. The van der Waals surface area contributed by atoms with Crippen LogP contribution in [0.4, 0.5) is 0 Å². The van der Waals surface area contributed by atoms with Crippen LogP contribution < -0.4 is 0 Å². The van der Waals surface area contributed by atoms with Gasteiger partial charge in [-0.15, -0.1) is 0 Å². The van der Waals surface area contributed by atoms with E-state index < -0.39 is 6.10 Å². The summed E-state index contributed by atoms with van der Waals surface area (Å²) in [6, 6.07) is 0. The Morgan fingerprint density at radius 1 is 0.303 bits per heavy atom. The van der Waals surface area contributed by atoms with Crippen molar-refractivity contribution < 1.29 is 28.6 Å². The molecule has 0 amide bonds. The fraction of sp³-hybridized carbons (Fsp3) is 0.817. The zero-order chi connectivity index (χ0) is 47.9. The summed E-state index contributed by atoms with van der Waals surface area (Å²) < 4.78 is 16.9. The number of carbonyl (C=O) groups is 3. The van der Waals surface area contributed by atoms with Crippen molar-refractivity contribution in [2.24, 2.45) is 0 Å². The third-order valence-corrected chi connectivity index (χ3v) is 12.6. The summed E-state index contributed by atoms with van der Waals surface area (Å²) in [6.07, 6.45) is 66.6.